The molecule has 8 heteroatoms. The largest absolute Gasteiger partial charge is 0.337 e. The number of aryl methyl sites for hydroxylation is 1. The van der Waals surface area contributed by atoms with Gasteiger partial charge in [-0.3, -0.25) is 14.8 Å². The Balaban J connectivity index is 1.47. The lowest BCUT2D eigenvalue weighted by Gasteiger charge is -2.14. The second kappa shape index (κ2) is 6.39. The minimum absolute atomic E-state index is 0.0450. The average Bonchev–Trinajstić information content (AvgIpc) is 3.32. The van der Waals surface area contributed by atoms with E-state index < -0.39 is 0 Å². The van der Waals surface area contributed by atoms with E-state index in [1.54, 1.807) is 17.3 Å². The highest BCUT2D eigenvalue weighted by molar-refractivity contribution is 5.92. The fourth-order valence-corrected chi connectivity index (χ4v) is 2.81. The molecule has 1 saturated heterocycles. The SMILES string of the molecule is Cc1cnc(C(=O)N2CCC(c3noc(-c4ccccn4)n3)C2)cn1. The van der Waals surface area contributed by atoms with Crippen LogP contribution in [0.15, 0.2) is 41.3 Å². The molecule has 4 rings (SSSR count). The van der Waals surface area contributed by atoms with E-state index in [0.29, 0.717) is 36.2 Å². The van der Waals surface area contributed by atoms with E-state index in [0.717, 1.165) is 12.1 Å². The molecule has 0 radical (unpaired) electrons. The number of likely N-dealkylation sites (tertiary alicyclic amines) is 1. The Morgan fingerprint density at radius 3 is 2.92 bits per heavy atom. The molecule has 0 spiro atoms. The first-order chi connectivity index (χ1) is 12.2. The molecule has 0 N–H and O–H groups in total. The van der Waals surface area contributed by atoms with Gasteiger partial charge in [0.05, 0.1) is 11.9 Å². The zero-order valence-electron chi connectivity index (χ0n) is 13.7. The Hall–Kier alpha value is -3.16. The quantitative estimate of drug-likeness (QED) is 0.720. The molecule has 0 bridgehead atoms. The van der Waals surface area contributed by atoms with Crippen LogP contribution in [0.3, 0.4) is 0 Å². The van der Waals surface area contributed by atoms with Gasteiger partial charge in [0.1, 0.15) is 11.4 Å². The van der Waals surface area contributed by atoms with E-state index >= 15 is 0 Å². The lowest BCUT2D eigenvalue weighted by atomic mass is 10.1. The molecular formula is C17H16N6O2. The van der Waals surface area contributed by atoms with Gasteiger partial charge in [-0.25, -0.2) is 4.98 Å². The van der Waals surface area contributed by atoms with Crippen molar-refractivity contribution in [1.82, 2.24) is 30.0 Å². The number of hydrogen-bond acceptors (Lipinski definition) is 7. The molecule has 0 aromatic carbocycles. The summed E-state index contributed by atoms with van der Waals surface area (Å²) in [4.78, 5) is 31.2. The van der Waals surface area contributed by atoms with Gasteiger partial charge in [0.15, 0.2) is 5.82 Å². The van der Waals surface area contributed by atoms with Crippen molar-refractivity contribution in [2.75, 3.05) is 13.1 Å². The molecule has 126 valence electrons. The molecule has 1 unspecified atom stereocenters. The summed E-state index contributed by atoms with van der Waals surface area (Å²) in [5.41, 5.74) is 1.78. The van der Waals surface area contributed by atoms with Crippen molar-refractivity contribution in [3.63, 3.8) is 0 Å². The van der Waals surface area contributed by atoms with E-state index in [9.17, 15) is 4.79 Å². The van der Waals surface area contributed by atoms with Gasteiger partial charge in [-0.1, -0.05) is 11.2 Å². The highest BCUT2D eigenvalue weighted by atomic mass is 16.5. The van der Waals surface area contributed by atoms with Crippen LogP contribution in [0.5, 0.6) is 0 Å². The highest BCUT2D eigenvalue weighted by Gasteiger charge is 2.31. The van der Waals surface area contributed by atoms with Gasteiger partial charge in [0.25, 0.3) is 11.8 Å². The number of hydrogen-bond donors (Lipinski definition) is 0. The molecule has 0 aliphatic carbocycles. The highest BCUT2D eigenvalue weighted by Crippen LogP contribution is 2.27. The number of aromatic nitrogens is 5. The van der Waals surface area contributed by atoms with E-state index in [1.807, 2.05) is 25.1 Å². The minimum atomic E-state index is -0.122. The Labute approximate surface area is 143 Å². The van der Waals surface area contributed by atoms with Crippen LogP contribution in [0.4, 0.5) is 0 Å². The van der Waals surface area contributed by atoms with Crippen molar-refractivity contribution < 1.29 is 9.32 Å². The van der Waals surface area contributed by atoms with Crippen LogP contribution < -0.4 is 0 Å². The summed E-state index contributed by atoms with van der Waals surface area (Å²) in [7, 11) is 0. The number of carbonyl (C=O) groups is 1. The maximum Gasteiger partial charge on any atom is 0.276 e. The molecule has 3 aromatic rings. The predicted molar refractivity (Wildman–Crippen MR) is 87.6 cm³/mol. The van der Waals surface area contributed by atoms with Gasteiger partial charge in [0.2, 0.25) is 0 Å². The van der Waals surface area contributed by atoms with Crippen LogP contribution in [-0.4, -0.2) is 49.0 Å². The maximum absolute atomic E-state index is 12.5. The van der Waals surface area contributed by atoms with Gasteiger partial charge >= 0.3 is 0 Å². The van der Waals surface area contributed by atoms with E-state index in [-0.39, 0.29) is 11.8 Å². The first-order valence-electron chi connectivity index (χ1n) is 8.03. The van der Waals surface area contributed by atoms with Crippen LogP contribution >= 0.6 is 0 Å². The van der Waals surface area contributed by atoms with Crippen LogP contribution in [0.2, 0.25) is 0 Å². The fourth-order valence-electron chi connectivity index (χ4n) is 2.81. The Morgan fingerprint density at radius 2 is 2.16 bits per heavy atom. The minimum Gasteiger partial charge on any atom is -0.337 e. The molecule has 1 atom stereocenters. The zero-order chi connectivity index (χ0) is 17.2. The first kappa shape index (κ1) is 15.4. The molecule has 1 aliphatic rings. The predicted octanol–water partition coefficient (Wildman–Crippen LogP) is 1.86. The normalized spacial score (nSPS) is 17.0. The van der Waals surface area contributed by atoms with Crippen molar-refractivity contribution in [3.8, 4) is 11.6 Å². The van der Waals surface area contributed by atoms with Gasteiger partial charge < -0.3 is 9.42 Å². The summed E-state index contributed by atoms with van der Waals surface area (Å²) in [5, 5.41) is 4.06. The zero-order valence-corrected chi connectivity index (χ0v) is 13.7. The van der Waals surface area contributed by atoms with Crippen LogP contribution in [0.25, 0.3) is 11.6 Å². The molecule has 3 aromatic heterocycles. The van der Waals surface area contributed by atoms with Crippen molar-refractivity contribution in [2.45, 2.75) is 19.3 Å². The fraction of sp³-hybridized carbons (Fsp3) is 0.294. The summed E-state index contributed by atoms with van der Waals surface area (Å²) in [6.07, 6.45) is 5.57. The number of carbonyl (C=O) groups excluding carboxylic acids is 1. The van der Waals surface area contributed by atoms with Crippen LogP contribution in [0, 0.1) is 6.92 Å². The number of nitrogens with zero attached hydrogens (tertiary/aromatic N) is 6. The molecule has 1 amide bonds. The molecule has 8 nitrogen and oxygen atoms in total. The molecule has 1 aliphatic heterocycles. The number of rotatable bonds is 3. The monoisotopic (exact) mass is 336 g/mol. The third-order valence-electron chi connectivity index (χ3n) is 4.17. The molecule has 0 saturated carbocycles. The van der Waals surface area contributed by atoms with Gasteiger partial charge in [-0.05, 0) is 25.5 Å². The van der Waals surface area contributed by atoms with Crippen LogP contribution in [-0.2, 0) is 0 Å². The summed E-state index contributed by atoms with van der Waals surface area (Å²) < 4.78 is 5.31. The van der Waals surface area contributed by atoms with E-state index in [4.69, 9.17) is 4.52 Å². The maximum atomic E-state index is 12.5. The summed E-state index contributed by atoms with van der Waals surface area (Å²) in [5.74, 6) is 0.919. The van der Waals surface area contributed by atoms with Crippen molar-refractivity contribution in [1.29, 1.82) is 0 Å². The van der Waals surface area contributed by atoms with Crippen molar-refractivity contribution in [3.05, 3.63) is 54.0 Å². The Morgan fingerprint density at radius 1 is 1.24 bits per heavy atom. The van der Waals surface area contributed by atoms with Gasteiger partial charge in [0, 0.05) is 31.4 Å². The summed E-state index contributed by atoms with van der Waals surface area (Å²) in [6.45, 7) is 3.00. The number of amides is 1. The standard InChI is InChI=1S/C17H16N6O2/c1-11-8-20-14(9-19-11)17(24)23-7-5-12(10-23)15-21-16(25-22-15)13-4-2-3-6-18-13/h2-4,6,8-9,12H,5,7,10H2,1H3. The molecular weight excluding hydrogens is 320 g/mol. The summed E-state index contributed by atoms with van der Waals surface area (Å²) in [6, 6.07) is 5.51. The summed E-state index contributed by atoms with van der Waals surface area (Å²) >= 11 is 0. The van der Waals surface area contributed by atoms with Crippen molar-refractivity contribution >= 4 is 5.91 Å². The lowest BCUT2D eigenvalue weighted by molar-refractivity contribution is 0.0784. The molecule has 4 heterocycles. The second-order valence-corrected chi connectivity index (χ2v) is 5.95. The molecule has 25 heavy (non-hydrogen) atoms. The topological polar surface area (TPSA) is 97.9 Å². The van der Waals surface area contributed by atoms with Gasteiger partial charge in [-0.2, -0.15) is 4.98 Å². The Kier molecular flexibility index (Phi) is 3.93. The van der Waals surface area contributed by atoms with Gasteiger partial charge in [-0.15, -0.1) is 0 Å². The lowest BCUT2D eigenvalue weighted by Crippen LogP contribution is -2.29. The smallest absolute Gasteiger partial charge is 0.276 e. The Bertz CT molecular complexity index is 878. The second-order valence-electron chi connectivity index (χ2n) is 5.95. The van der Waals surface area contributed by atoms with E-state index in [2.05, 4.69) is 25.1 Å². The van der Waals surface area contributed by atoms with E-state index in [1.165, 1.54) is 6.20 Å². The average molecular weight is 336 g/mol. The van der Waals surface area contributed by atoms with Crippen molar-refractivity contribution in [2.24, 2.45) is 0 Å². The third-order valence-corrected chi connectivity index (χ3v) is 4.17. The number of pyridine rings is 1. The van der Waals surface area contributed by atoms with Crippen LogP contribution in [0.1, 0.15) is 34.3 Å². The molecule has 1 fully saturated rings. The first-order valence-corrected chi connectivity index (χ1v) is 8.03. The third kappa shape index (κ3) is 3.10.